The van der Waals surface area contributed by atoms with Crippen LogP contribution < -0.4 is 19.7 Å². The summed E-state index contributed by atoms with van der Waals surface area (Å²) in [6.45, 7) is 4.22. The summed E-state index contributed by atoms with van der Waals surface area (Å²) in [5.41, 5.74) is 4.40. The molecular weight excluding hydrogens is 464 g/mol. The van der Waals surface area contributed by atoms with Crippen molar-refractivity contribution in [3.8, 4) is 11.5 Å². The minimum absolute atomic E-state index is 0.00188. The average molecular weight is 497 g/mol. The Morgan fingerprint density at radius 1 is 1.03 bits per heavy atom. The molecule has 1 heterocycles. The van der Waals surface area contributed by atoms with Crippen LogP contribution in [0.25, 0.3) is 10.8 Å². The second kappa shape index (κ2) is 11.4. The number of fused-ring (bicyclic) bond motifs is 2. The first-order chi connectivity index (χ1) is 18.1. The summed E-state index contributed by atoms with van der Waals surface area (Å²) in [5.74, 6) is 1.14. The van der Waals surface area contributed by atoms with E-state index in [4.69, 9.17) is 9.47 Å². The van der Waals surface area contributed by atoms with E-state index >= 15 is 0 Å². The second-order valence-electron chi connectivity index (χ2n) is 9.23. The van der Waals surface area contributed by atoms with Crippen molar-refractivity contribution in [2.24, 2.45) is 0 Å². The number of ether oxygens (including phenoxy) is 3. The molecule has 0 radical (unpaired) electrons. The number of hydrogen-bond donors (Lipinski definition) is 1. The third-order valence-electron chi connectivity index (χ3n) is 6.70. The number of rotatable bonds is 9. The summed E-state index contributed by atoms with van der Waals surface area (Å²) in [6, 6.07) is 29.2. The second-order valence-corrected chi connectivity index (χ2v) is 9.23. The molecule has 0 aliphatic carbocycles. The highest BCUT2D eigenvalue weighted by Crippen LogP contribution is 2.39. The molecule has 1 aliphatic rings. The van der Waals surface area contributed by atoms with Crippen molar-refractivity contribution in [2.75, 3.05) is 38.3 Å². The Morgan fingerprint density at radius 3 is 2.70 bits per heavy atom. The Labute approximate surface area is 217 Å². The van der Waals surface area contributed by atoms with Crippen LogP contribution in [0, 0.1) is 6.92 Å². The van der Waals surface area contributed by atoms with E-state index < -0.39 is 5.97 Å². The van der Waals surface area contributed by atoms with Crippen LogP contribution in [-0.4, -0.2) is 45.4 Å². The Hall–Kier alpha value is -4.03. The highest BCUT2D eigenvalue weighted by atomic mass is 16.6. The first-order valence-corrected chi connectivity index (χ1v) is 12.6. The fourth-order valence-electron chi connectivity index (χ4n) is 4.80. The first kappa shape index (κ1) is 24.7. The van der Waals surface area contributed by atoms with Crippen molar-refractivity contribution >= 4 is 28.1 Å². The van der Waals surface area contributed by atoms with Gasteiger partial charge in [0.05, 0.1) is 19.3 Å². The molecule has 0 spiro atoms. The van der Waals surface area contributed by atoms with Gasteiger partial charge in [-0.2, -0.15) is 0 Å². The molecule has 0 saturated carbocycles. The smallest absolute Gasteiger partial charge is 0.343 e. The van der Waals surface area contributed by atoms with Crippen molar-refractivity contribution in [1.82, 2.24) is 5.32 Å². The number of carbonyl (C=O) groups is 1. The van der Waals surface area contributed by atoms with E-state index in [1.165, 1.54) is 23.4 Å². The predicted octanol–water partition coefficient (Wildman–Crippen LogP) is 5.43. The molecular formula is C31H32N2O4. The molecule has 5 rings (SSSR count). The maximum Gasteiger partial charge on any atom is 0.343 e. The molecule has 4 aromatic rings. The van der Waals surface area contributed by atoms with Crippen LogP contribution in [0.15, 0.2) is 84.9 Å². The summed E-state index contributed by atoms with van der Waals surface area (Å²) in [7, 11) is 1.35. The minimum atomic E-state index is -0.402. The number of carbonyl (C=O) groups excluding carboxylic acids is 1. The fraction of sp³-hybridized carbons (Fsp3) is 0.258. The van der Waals surface area contributed by atoms with Gasteiger partial charge in [-0.15, -0.1) is 0 Å². The number of anilines is 2. The van der Waals surface area contributed by atoms with Crippen LogP contribution in [0.1, 0.15) is 11.1 Å². The van der Waals surface area contributed by atoms with E-state index in [-0.39, 0.29) is 12.7 Å². The van der Waals surface area contributed by atoms with E-state index in [1.807, 2.05) is 37.3 Å². The molecule has 0 amide bonds. The minimum Gasteiger partial charge on any atom is -0.485 e. The molecule has 0 aromatic heterocycles. The maximum absolute atomic E-state index is 11.5. The Kier molecular flexibility index (Phi) is 7.57. The fourth-order valence-corrected chi connectivity index (χ4v) is 4.80. The van der Waals surface area contributed by atoms with E-state index in [1.54, 1.807) is 0 Å². The number of nitrogens with zero attached hydrogens (tertiary/aromatic N) is 1. The monoisotopic (exact) mass is 496 g/mol. The zero-order valence-corrected chi connectivity index (χ0v) is 21.3. The van der Waals surface area contributed by atoms with Crippen LogP contribution in [0.2, 0.25) is 0 Å². The summed E-state index contributed by atoms with van der Waals surface area (Å²) in [5, 5.41) is 6.20. The van der Waals surface area contributed by atoms with Gasteiger partial charge >= 0.3 is 5.97 Å². The van der Waals surface area contributed by atoms with Crippen LogP contribution in [0.4, 0.5) is 11.4 Å². The maximum atomic E-state index is 11.5. The number of esters is 1. The van der Waals surface area contributed by atoms with Gasteiger partial charge in [-0.25, -0.2) is 4.79 Å². The summed E-state index contributed by atoms with van der Waals surface area (Å²) in [4.78, 5) is 13.7. The highest BCUT2D eigenvalue weighted by molar-refractivity contribution is 5.85. The third kappa shape index (κ3) is 5.70. The molecule has 0 bridgehead atoms. The number of hydrogen-bond acceptors (Lipinski definition) is 6. The summed E-state index contributed by atoms with van der Waals surface area (Å²) in [6.07, 6.45) is 0.957. The largest absolute Gasteiger partial charge is 0.485 e. The molecule has 1 N–H and O–H groups in total. The summed E-state index contributed by atoms with van der Waals surface area (Å²) < 4.78 is 16.7. The molecule has 1 aliphatic heterocycles. The lowest BCUT2D eigenvalue weighted by Crippen LogP contribution is -2.43. The van der Waals surface area contributed by atoms with Crippen molar-refractivity contribution in [3.05, 3.63) is 96.1 Å². The van der Waals surface area contributed by atoms with E-state index in [2.05, 4.69) is 69.6 Å². The predicted molar refractivity (Wildman–Crippen MR) is 147 cm³/mol. The Bertz CT molecular complexity index is 1380. The third-order valence-corrected chi connectivity index (χ3v) is 6.70. The van der Waals surface area contributed by atoms with Gasteiger partial charge in [0, 0.05) is 12.2 Å². The summed E-state index contributed by atoms with van der Waals surface area (Å²) >= 11 is 0. The zero-order valence-electron chi connectivity index (χ0n) is 21.3. The molecule has 6 heteroatoms. The van der Waals surface area contributed by atoms with Gasteiger partial charge in [-0.1, -0.05) is 54.6 Å². The van der Waals surface area contributed by atoms with Crippen LogP contribution in [0.5, 0.6) is 11.5 Å². The van der Waals surface area contributed by atoms with Crippen molar-refractivity contribution < 1.29 is 19.0 Å². The van der Waals surface area contributed by atoms with Gasteiger partial charge in [-0.05, 0) is 72.1 Å². The average Bonchev–Trinajstić information content (AvgIpc) is 2.94. The standard InChI is InChI=1S/C31H32N2O4/c1-22-18-25(14-15-29(22)36-21-31(34)35-2)33-20-26(37-30-13-6-5-12-28(30)33)19-32-17-16-24-10-7-9-23-8-3-4-11-27(23)24/h3-15,18,26,32H,16-17,19-21H2,1-2H3/t26-/m1/s1. The topological polar surface area (TPSA) is 60.0 Å². The Morgan fingerprint density at radius 2 is 1.84 bits per heavy atom. The molecule has 6 nitrogen and oxygen atoms in total. The van der Waals surface area contributed by atoms with Crippen LogP contribution in [0.3, 0.4) is 0 Å². The SMILES string of the molecule is COC(=O)COc1ccc(N2C[C@@H](CNCCc3cccc4ccccc34)Oc3ccccc32)cc1C. The lowest BCUT2D eigenvalue weighted by atomic mass is 10.0. The number of para-hydroxylation sites is 2. The van der Waals surface area contributed by atoms with Gasteiger partial charge in [0.15, 0.2) is 6.61 Å². The number of aryl methyl sites for hydroxylation is 1. The number of benzene rings is 4. The first-order valence-electron chi connectivity index (χ1n) is 12.6. The van der Waals surface area contributed by atoms with Gasteiger partial charge in [-0.3, -0.25) is 0 Å². The van der Waals surface area contributed by atoms with E-state index in [9.17, 15) is 4.79 Å². The highest BCUT2D eigenvalue weighted by Gasteiger charge is 2.26. The molecule has 37 heavy (non-hydrogen) atoms. The van der Waals surface area contributed by atoms with Crippen molar-refractivity contribution in [3.63, 3.8) is 0 Å². The lowest BCUT2D eigenvalue weighted by molar-refractivity contribution is -0.142. The van der Waals surface area contributed by atoms with Crippen molar-refractivity contribution in [1.29, 1.82) is 0 Å². The molecule has 4 aromatic carbocycles. The van der Waals surface area contributed by atoms with Gasteiger partial charge in [0.2, 0.25) is 0 Å². The Balaban J connectivity index is 1.25. The van der Waals surface area contributed by atoms with Gasteiger partial charge < -0.3 is 24.4 Å². The molecule has 1 atom stereocenters. The number of nitrogens with one attached hydrogen (secondary N) is 1. The zero-order chi connectivity index (χ0) is 25.6. The molecule has 0 unspecified atom stereocenters. The van der Waals surface area contributed by atoms with Gasteiger partial charge in [0.25, 0.3) is 0 Å². The molecule has 0 saturated heterocycles. The van der Waals surface area contributed by atoms with E-state index in [0.29, 0.717) is 5.75 Å². The molecule has 190 valence electrons. The number of methoxy groups -OCH3 is 1. The van der Waals surface area contributed by atoms with Crippen LogP contribution in [-0.2, 0) is 16.0 Å². The normalized spacial score (nSPS) is 14.6. The van der Waals surface area contributed by atoms with Crippen LogP contribution >= 0.6 is 0 Å². The van der Waals surface area contributed by atoms with E-state index in [0.717, 1.165) is 48.7 Å². The lowest BCUT2D eigenvalue weighted by Gasteiger charge is -2.36. The van der Waals surface area contributed by atoms with Gasteiger partial charge in [0.1, 0.15) is 17.6 Å². The quantitative estimate of drug-likeness (QED) is 0.246. The molecule has 0 fully saturated rings. The van der Waals surface area contributed by atoms with Crippen molar-refractivity contribution in [2.45, 2.75) is 19.4 Å².